The second-order valence-electron chi connectivity index (χ2n) is 5.52. The fourth-order valence-corrected chi connectivity index (χ4v) is 2.37. The first-order valence-corrected chi connectivity index (χ1v) is 7.83. The molecule has 134 valence electrons. The topological polar surface area (TPSA) is 69.0 Å². The third-order valence-corrected chi connectivity index (χ3v) is 3.73. The molecule has 3 aromatic rings. The summed E-state index contributed by atoms with van der Waals surface area (Å²) in [6, 6.07) is 9.21. The minimum Gasteiger partial charge on any atom is -0.435 e. The van der Waals surface area contributed by atoms with Crippen LogP contribution < -0.4 is 10.1 Å². The number of halogens is 2. The van der Waals surface area contributed by atoms with Gasteiger partial charge in [-0.15, -0.1) is 0 Å². The van der Waals surface area contributed by atoms with Crippen LogP contribution in [-0.4, -0.2) is 27.1 Å². The molecule has 8 heteroatoms. The lowest BCUT2D eigenvalue weighted by atomic mass is 10.1. The first-order valence-electron chi connectivity index (χ1n) is 7.83. The lowest BCUT2D eigenvalue weighted by molar-refractivity contribution is -0.0498. The highest BCUT2D eigenvalue weighted by Crippen LogP contribution is 2.19. The van der Waals surface area contributed by atoms with Gasteiger partial charge >= 0.3 is 6.61 Å². The van der Waals surface area contributed by atoms with Gasteiger partial charge in [0.1, 0.15) is 17.9 Å². The van der Waals surface area contributed by atoms with E-state index in [9.17, 15) is 13.6 Å². The van der Waals surface area contributed by atoms with Crippen molar-refractivity contribution >= 4 is 5.91 Å². The molecule has 0 saturated heterocycles. The zero-order valence-corrected chi connectivity index (χ0v) is 13.8. The molecule has 0 bridgehead atoms. The van der Waals surface area contributed by atoms with Crippen LogP contribution in [0.1, 0.15) is 28.9 Å². The Kier molecular flexibility index (Phi) is 5.21. The molecular weight excluding hydrogens is 342 g/mol. The van der Waals surface area contributed by atoms with Crippen LogP contribution in [0.2, 0.25) is 0 Å². The van der Waals surface area contributed by atoms with Gasteiger partial charge in [-0.3, -0.25) is 9.36 Å². The van der Waals surface area contributed by atoms with E-state index in [4.69, 9.17) is 0 Å². The average molecular weight is 358 g/mol. The van der Waals surface area contributed by atoms with E-state index in [1.807, 2.05) is 0 Å². The first kappa shape index (κ1) is 17.5. The number of hydrogen-bond acceptors (Lipinski definition) is 4. The monoisotopic (exact) mass is 358 g/mol. The number of carbonyl (C=O) groups is 1. The number of hydrogen-bond donors (Lipinski definition) is 1. The van der Waals surface area contributed by atoms with Crippen molar-refractivity contribution in [3.05, 3.63) is 72.4 Å². The molecule has 1 unspecified atom stereocenters. The number of pyridine rings is 1. The van der Waals surface area contributed by atoms with Gasteiger partial charge in [0.2, 0.25) is 0 Å². The molecule has 0 spiro atoms. The van der Waals surface area contributed by atoms with Gasteiger partial charge in [-0.05, 0) is 36.8 Å². The molecule has 1 amide bonds. The highest BCUT2D eigenvalue weighted by Gasteiger charge is 2.13. The summed E-state index contributed by atoms with van der Waals surface area (Å²) in [4.78, 5) is 20.5. The van der Waals surface area contributed by atoms with E-state index in [2.05, 4.69) is 20.0 Å². The number of nitrogens with zero attached hydrogens (tertiary/aromatic N) is 3. The van der Waals surface area contributed by atoms with Crippen molar-refractivity contribution in [1.29, 1.82) is 0 Å². The summed E-state index contributed by atoms with van der Waals surface area (Å²) in [7, 11) is 0. The molecule has 3 rings (SSSR count). The molecule has 1 N–H and O–H groups in total. The summed E-state index contributed by atoms with van der Waals surface area (Å²) in [6.07, 6.45) is 6.50. The number of ether oxygens (including phenoxy) is 1. The van der Waals surface area contributed by atoms with Crippen molar-refractivity contribution in [2.75, 3.05) is 0 Å². The molecule has 0 aliphatic heterocycles. The molecule has 26 heavy (non-hydrogen) atoms. The average Bonchev–Trinajstić information content (AvgIpc) is 3.16. The van der Waals surface area contributed by atoms with E-state index < -0.39 is 6.61 Å². The summed E-state index contributed by atoms with van der Waals surface area (Å²) in [5, 5.41) is 2.84. The second-order valence-corrected chi connectivity index (χ2v) is 5.52. The number of rotatable bonds is 6. The molecular formula is C18H16F2N4O2. The fraction of sp³-hybridized carbons (Fsp3) is 0.167. The van der Waals surface area contributed by atoms with E-state index >= 15 is 0 Å². The molecule has 2 heterocycles. The van der Waals surface area contributed by atoms with E-state index in [0.717, 1.165) is 5.56 Å². The Labute approximate surface area is 148 Å². The van der Waals surface area contributed by atoms with Crippen LogP contribution in [0.25, 0.3) is 5.82 Å². The van der Waals surface area contributed by atoms with Gasteiger partial charge < -0.3 is 10.1 Å². The zero-order chi connectivity index (χ0) is 18.5. The second kappa shape index (κ2) is 7.73. The maximum Gasteiger partial charge on any atom is 0.387 e. The number of alkyl halides is 2. The van der Waals surface area contributed by atoms with Crippen molar-refractivity contribution in [2.45, 2.75) is 19.6 Å². The lowest BCUT2D eigenvalue weighted by Crippen LogP contribution is -2.26. The molecule has 1 atom stereocenters. The summed E-state index contributed by atoms with van der Waals surface area (Å²) in [6.45, 7) is -1.07. The summed E-state index contributed by atoms with van der Waals surface area (Å²) in [5.41, 5.74) is 1.18. The Balaban J connectivity index is 1.63. The van der Waals surface area contributed by atoms with E-state index in [-0.39, 0.29) is 17.7 Å². The Bertz CT molecular complexity index is 850. The molecule has 6 nitrogen and oxygen atoms in total. The Morgan fingerprint density at radius 1 is 1.19 bits per heavy atom. The van der Waals surface area contributed by atoms with Crippen LogP contribution in [-0.2, 0) is 0 Å². The number of amides is 1. The quantitative estimate of drug-likeness (QED) is 0.734. The molecule has 0 aliphatic carbocycles. The summed E-state index contributed by atoms with van der Waals surface area (Å²) >= 11 is 0. The minimum absolute atomic E-state index is 0.0709. The van der Waals surface area contributed by atoms with Gasteiger partial charge in [0.15, 0.2) is 0 Å². The number of imidazole rings is 1. The molecule has 1 aromatic carbocycles. The first-order chi connectivity index (χ1) is 12.5. The van der Waals surface area contributed by atoms with Crippen molar-refractivity contribution in [3.8, 4) is 11.6 Å². The Hall–Kier alpha value is -3.29. The predicted molar refractivity (Wildman–Crippen MR) is 90.3 cm³/mol. The van der Waals surface area contributed by atoms with E-state index in [0.29, 0.717) is 11.4 Å². The zero-order valence-electron chi connectivity index (χ0n) is 13.8. The maximum atomic E-state index is 12.3. The molecule has 0 aliphatic rings. The highest BCUT2D eigenvalue weighted by molar-refractivity contribution is 5.94. The van der Waals surface area contributed by atoms with Gasteiger partial charge in [0, 0.05) is 18.6 Å². The van der Waals surface area contributed by atoms with Gasteiger partial charge in [-0.25, -0.2) is 9.97 Å². The number of aromatic nitrogens is 3. The fourth-order valence-electron chi connectivity index (χ4n) is 2.37. The van der Waals surface area contributed by atoms with Crippen LogP contribution >= 0.6 is 0 Å². The van der Waals surface area contributed by atoms with Crippen molar-refractivity contribution in [2.24, 2.45) is 0 Å². The summed E-state index contributed by atoms with van der Waals surface area (Å²) < 4.78 is 30.4. The van der Waals surface area contributed by atoms with Crippen LogP contribution in [0.15, 0.2) is 61.3 Å². The van der Waals surface area contributed by atoms with Crippen molar-refractivity contribution < 1.29 is 18.3 Å². The Morgan fingerprint density at radius 2 is 1.96 bits per heavy atom. The third kappa shape index (κ3) is 4.21. The Morgan fingerprint density at radius 3 is 2.54 bits per heavy atom. The number of nitrogens with one attached hydrogen (secondary N) is 1. The van der Waals surface area contributed by atoms with Crippen LogP contribution in [0.4, 0.5) is 8.78 Å². The van der Waals surface area contributed by atoms with Crippen LogP contribution in [0.3, 0.4) is 0 Å². The largest absolute Gasteiger partial charge is 0.435 e. The molecule has 0 radical (unpaired) electrons. The SMILES string of the molecule is CC(NC(=O)c1ccc(-n2ccnc2)nc1)c1ccc(OC(F)F)cc1. The van der Waals surface area contributed by atoms with Crippen LogP contribution in [0.5, 0.6) is 5.75 Å². The maximum absolute atomic E-state index is 12.3. The molecule has 2 aromatic heterocycles. The van der Waals surface area contributed by atoms with Crippen LogP contribution in [0, 0.1) is 0 Å². The summed E-state index contributed by atoms with van der Waals surface area (Å²) in [5.74, 6) is 0.443. The number of carbonyl (C=O) groups excluding carboxylic acids is 1. The predicted octanol–water partition coefficient (Wildman–Crippen LogP) is 3.36. The van der Waals surface area contributed by atoms with Gasteiger partial charge in [0.05, 0.1) is 11.6 Å². The minimum atomic E-state index is -2.87. The highest BCUT2D eigenvalue weighted by atomic mass is 19.3. The molecule has 0 saturated carbocycles. The number of benzene rings is 1. The van der Waals surface area contributed by atoms with Gasteiger partial charge in [0.25, 0.3) is 5.91 Å². The lowest BCUT2D eigenvalue weighted by Gasteiger charge is -2.15. The standard InChI is InChI=1S/C18H16F2N4O2/c1-12(13-2-5-15(6-3-13)26-18(19)20)23-17(25)14-4-7-16(22-10-14)24-9-8-21-11-24/h2-12,18H,1H3,(H,23,25). The van der Waals surface area contributed by atoms with Crippen molar-refractivity contribution in [3.63, 3.8) is 0 Å². The van der Waals surface area contributed by atoms with E-state index in [1.54, 1.807) is 54.5 Å². The van der Waals surface area contributed by atoms with Crippen molar-refractivity contribution in [1.82, 2.24) is 19.9 Å². The third-order valence-electron chi connectivity index (χ3n) is 3.73. The van der Waals surface area contributed by atoms with E-state index in [1.165, 1.54) is 18.3 Å². The molecule has 0 fully saturated rings. The van der Waals surface area contributed by atoms with Gasteiger partial charge in [-0.1, -0.05) is 12.1 Å². The van der Waals surface area contributed by atoms with Gasteiger partial charge in [-0.2, -0.15) is 8.78 Å². The normalized spacial score (nSPS) is 12.0. The smallest absolute Gasteiger partial charge is 0.387 e.